The highest BCUT2D eigenvalue weighted by Crippen LogP contribution is 2.29. The van der Waals surface area contributed by atoms with Gasteiger partial charge in [0.25, 0.3) is 0 Å². The van der Waals surface area contributed by atoms with E-state index in [1.165, 1.54) is 116 Å². The van der Waals surface area contributed by atoms with E-state index in [1.54, 1.807) is 0 Å². The molecule has 0 amide bonds. The lowest BCUT2D eigenvalue weighted by Gasteiger charge is -2.08. The highest BCUT2D eigenvalue weighted by molar-refractivity contribution is 4.67. The predicted octanol–water partition coefficient (Wildman–Crippen LogP) is 7.86. The Bertz CT molecular complexity index is 190. The topological polar surface area (TPSA) is 0 Å². The molecule has 0 heteroatoms. The van der Waals surface area contributed by atoms with Crippen LogP contribution in [0.4, 0.5) is 0 Å². The fraction of sp³-hybridized carbons (Fsp3) is 0.952. The Morgan fingerprint density at radius 1 is 0.524 bits per heavy atom. The zero-order chi connectivity index (χ0) is 15.0. The zero-order valence-electron chi connectivity index (χ0n) is 14.7. The minimum Gasteiger partial charge on any atom is -0.0533 e. The molecule has 0 nitrogen and oxygen atoms in total. The minimum absolute atomic E-state index is 1.11. The largest absolute Gasteiger partial charge is 0.0533 e. The molecule has 1 radical (unpaired) electrons. The van der Waals surface area contributed by atoms with Gasteiger partial charge in [-0.1, -0.05) is 129 Å². The highest BCUT2D eigenvalue weighted by atomic mass is 14.2. The Kier molecular flexibility index (Phi) is 13.5. The van der Waals surface area contributed by atoms with Crippen LogP contribution in [0, 0.1) is 12.8 Å². The maximum atomic E-state index is 3.90. The van der Waals surface area contributed by atoms with Crippen LogP contribution in [0.25, 0.3) is 0 Å². The molecule has 1 fully saturated rings. The van der Waals surface area contributed by atoms with E-state index in [0.717, 1.165) is 12.3 Å². The maximum Gasteiger partial charge on any atom is -0.0414 e. The van der Waals surface area contributed by atoms with E-state index < -0.39 is 0 Å². The Morgan fingerprint density at radius 3 is 1.33 bits per heavy atom. The van der Waals surface area contributed by atoms with Crippen LogP contribution in [-0.2, 0) is 0 Å². The molecule has 0 atom stereocenters. The molecule has 0 saturated heterocycles. The van der Waals surface area contributed by atoms with Gasteiger partial charge in [0.15, 0.2) is 0 Å². The molecule has 1 saturated carbocycles. The van der Waals surface area contributed by atoms with Crippen LogP contribution in [0.2, 0.25) is 0 Å². The molecular weight excluding hydrogens is 252 g/mol. The molecule has 0 aromatic heterocycles. The average Bonchev–Trinajstić information content (AvgIpc) is 3.01. The van der Waals surface area contributed by atoms with Crippen molar-refractivity contribution >= 4 is 0 Å². The monoisotopic (exact) mass is 293 g/mol. The van der Waals surface area contributed by atoms with Crippen LogP contribution in [0.1, 0.15) is 122 Å². The molecule has 0 unspecified atom stereocenters. The number of hydrogen-bond donors (Lipinski definition) is 0. The third-order valence-corrected chi connectivity index (χ3v) is 5.34. The SMILES string of the molecule is [CH2]CCCCCCCCCCCCCCCC1CCCC1. The summed E-state index contributed by atoms with van der Waals surface area (Å²) in [6, 6.07) is 0. The predicted molar refractivity (Wildman–Crippen MR) is 96.6 cm³/mol. The first kappa shape index (κ1) is 19.0. The number of hydrogen-bond acceptors (Lipinski definition) is 0. The summed E-state index contributed by atoms with van der Waals surface area (Å²) in [5, 5.41) is 0. The van der Waals surface area contributed by atoms with Gasteiger partial charge in [-0.15, -0.1) is 0 Å². The summed E-state index contributed by atoms with van der Waals surface area (Å²) in [5.41, 5.74) is 0. The van der Waals surface area contributed by atoms with Crippen LogP contribution in [0.5, 0.6) is 0 Å². The molecule has 1 rings (SSSR count). The molecule has 1 aliphatic carbocycles. The third-order valence-electron chi connectivity index (χ3n) is 5.34. The van der Waals surface area contributed by atoms with Crippen LogP contribution in [0.3, 0.4) is 0 Å². The van der Waals surface area contributed by atoms with Crippen molar-refractivity contribution < 1.29 is 0 Å². The summed E-state index contributed by atoms with van der Waals surface area (Å²) in [4.78, 5) is 0. The Morgan fingerprint density at radius 2 is 0.905 bits per heavy atom. The van der Waals surface area contributed by atoms with Gasteiger partial charge >= 0.3 is 0 Å². The normalized spacial score (nSPS) is 15.9. The molecule has 0 N–H and O–H groups in total. The summed E-state index contributed by atoms with van der Waals surface area (Å²) in [5.74, 6) is 1.11. The molecule has 0 aromatic rings. The summed E-state index contributed by atoms with van der Waals surface area (Å²) >= 11 is 0. The average molecular weight is 294 g/mol. The lowest BCUT2D eigenvalue weighted by Crippen LogP contribution is -1.92. The van der Waals surface area contributed by atoms with Gasteiger partial charge in [-0.3, -0.25) is 0 Å². The smallest absolute Gasteiger partial charge is 0.0414 e. The number of rotatable bonds is 15. The first-order valence-electron chi connectivity index (χ1n) is 10.2. The second-order valence-corrected chi connectivity index (χ2v) is 7.39. The summed E-state index contributed by atoms with van der Waals surface area (Å²) in [6.07, 6.45) is 27.8. The van der Waals surface area contributed by atoms with E-state index in [2.05, 4.69) is 6.92 Å². The molecule has 125 valence electrons. The van der Waals surface area contributed by atoms with E-state index in [4.69, 9.17) is 0 Å². The van der Waals surface area contributed by atoms with Crippen LogP contribution < -0.4 is 0 Å². The van der Waals surface area contributed by atoms with Crippen molar-refractivity contribution in [1.29, 1.82) is 0 Å². The van der Waals surface area contributed by atoms with Crippen molar-refractivity contribution in [3.8, 4) is 0 Å². The lowest BCUT2D eigenvalue weighted by atomic mass is 9.99. The van der Waals surface area contributed by atoms with E-state index in [1.807, 2.05) is 0 Å². The molecule has 0 heterocycles. The van der Waals surface area contributed by atoms with Gasteiger partial charge < -0.3 is 0 Å². The van der Waals surface area contributed by atoms with Gasteiger partial charge in [-0.25, -0.2) is 0 Å². The summed E-state index contributed by atoms with van der Waals surface area (Å²) < 4.78 is 0. The van der Waals surface area contributed by atoms with Crippen molar-refractivity contribution in [2.24, 2.45) is 5.92 Å². The van der Waals surface area contributed by atoms with Gasteiger partial charge in [0.05, 0.1) is 0 Å². The Balaban J connectivity index is 1.65. The van der Waals surface area contributed by atoms with Crippen molar-refractivity contribution in [2.45, 2.75) is 122 Å². The molecular formula is C21H41. The molecule has 21 heavy (non-hydrogen) atoms. The molecule has 0 spiro atoms. The van der Waals surface area contributed by atoms with Gasteiger partial charge in [0.2, 0.25) is 0 Å². The Hall–Kier alpha value is 0. The van der Waals surface area contributed by atoms with Crippen molar-refractivity contribution in [1.82, 2.24) is 0 Å². The van der Waals surface area contributed by atoms with Crippen LogP contribution in [0.15, 0.2) is 0 Å². The number of unbranched alkanes of at least 4 members (excludes halogenated alkanes) is 13. The van der Waals surface area contributed by atoms with Crippen molar-refractivity contribution in [3.63, 3.8) is 0 Å². The second-order valence-electron chi connectivity index (χ2n) is 7.39. The first-order valence-corrected chi connectivity index (χ1v) is 10.2. The van der Waals surface area contributed by atoms with Crippen LogP contribution in [-0.4, -0.2) is 0 Å². The second kappa shape index (κ2) is 14.9. The molecule has 1 aliphatic rings. The standard InChI is InChI=1S/C21H41/c1-2-3-4-5-6-7-8-9-10-11-12-13-14-15-18-21-19-16-17-20-21/h21H,1-20H2. The first-order chi connectivity index (χ1) is 10.4. The minimum atomic E-state index is 1.11. The molecule has 0 aromatic carbocycles. The van der Waals surface area contributed by atoms with Crippen molar-refractivity contribution in [3.05, 3.63) is 6.92 Å². The van der Waals surface area contributed by atoms with E-state index in [0.29, 0.717) is 0 Å². The fourth-order valence-electron chi connectivity index (χ4n) is 3.85. The van der Waals surface area contributed by atoms with Crippen molar-refractivity contribution in [2.75, 3.05) is 0 Å². The fourth-order valence-corrected chi connectivity index (χ4v) is 3.85. The lowest BCUT2D eigenvalue weighted by molar-refractivity contribution is 0.459. The van der Waals surface area contributed by atoms with E-state index in [9.17, 15) is 0 Å². The molecule has 0 aliphatic heterocycles. The third kappa shape index (κ3) is 12.2. The van der Waals surface area contributed by atoms with Gasteiger partial charge in [-0.2, -0.15) is 0 Å². The Labute approximate surface area is 135 Å². The highest BCUT2D eigenvalue weighted by Gasteiger charge is 2.13. The van der Waals surface area contributed by atoms with Gasteiger partial charge in [0, 0.05) is 0 Å². The summed E-state index contributed by atoms with van der Waals surface area (Å²) in [6.45, 7) is 3.90. The van der Waals surface area contributed by atoms with Crippen LogP contribution >= 0.6 is 0 Å². The zero-order valence-corrected chi connectivity index (χ0v) is 14.7. The summed E-state index contributed by atoms with van der Waals surface area (Å²) in [7, 11) is 0. The van der Waals surface area contributed by atoms with Gasteiger partial charge in [0.1, 0.15) is 0 Å². The molecule has 0 bridgehead atoms. The maximum absolute atomic E-state index is 3.90. The van der Waals surface area contributed by atoms with Gasteiger partial charge in [-0.05, 0) is 5.92 Å². The van der Waals surface area contributed by atoms with E-state index in [-0.39, 0.29) is 0 Å². The van der Waals surface area contributed by atoms with E-state index >= 15 is 0 Å². The quantitative estimate of drug-likeness (QED) is 0.269.